The van der Waals surface area contributed by atoms with Crippen molar-refractivity contribution in [3.63, 3.8) is 0 Å². The molecule has 0 aliphatic rings. The molecule has 0 aromatic rings. The van der Waals surface area contributed by atoms with E-state index in [1.165, 1.54) is 0 Å². The quantitative estimate of drug-likeness (QED) is 0.162. The maximum Gasteiger partial charge on any atom is 3.00 e. The van der Waals surface area contributed by atoms with Crippen LogP contribution in [0.25, 0.3) is 0 Å². The van der Waals surface area contributed by atoms with Gasteiger partial charge in [-0.3, -0.25) is 0 Å². The molecule has 38 valence electrons. The summed E-state index contributed by atoms with van der Waals surface area (Å²) in [6.45, 7) is 0. The van der Waals surface area contributed by atoms with Gasteiger partial charge in [0.15, 0.2) is 0 Å². The molecular weight excluding hydrogens is 163 g/mol. The third kappa shape index (κ3) is 15.7. The Balaban J connectivity index is -0.000000125. The molecule has 0 aromatic heterocycles. The van der Waals surface area contributed by atoms with Gasteiger partial charge < -0.3 is 4.55 Å². The van der Waals surface area contributed by atoms with Crippen LogP contribution in [-0.2, 0) is 14.7 Å². The summed E-state index contributed by atoms with van der Waals surface area (Å²) in [6.07, 6.45) is 0. The first-order chi connectivity index (χ1) is 2.56. The maximum absolute atomic E-state index is 8.97. The van der Waals surface area contributed by atoms with E-state index in [-0.39, 0.29) is 40.4 Å². The van der Waals surface area contributed by atoms with Crippen molar-refractivity contribution >= 4 is 50.8 Å². The van der Waals surface area contributed by atoms with Crippen molar-refractivity contribution in [2.45, 2.75) is 0 Å². The van der Waals surface area contributed by atoms with Gasteiger partial charge in [-0.1, -0.05) is 0 Å². The predicted octanol–water partition coefficient (Wildman–Crippen LogP) is -1.83. The molecule has 0 saturated heterocycles. The summed E-state index contributed by atoms with van der Waals surface area (Å²) in [4.78, 5) is 0. The fourth-order valence-electron chi connectivity index (χ4n) is 0. The number of hydrogen-bond donors (Lipinski definition) is 1. The molecule has 0 heterocycles. The SMILES string of the molecule is O=S(=O)([O-])OO.[Al+3].[Mg+2]. The molecule has 0 fully saturated rings. The molecular formula is HAlMgO5S+4. The summed E-state index contributed by atoms with van der Waals surface area (Å²) >= 11 is 0. The van der Waals surface area contributed by atoms with Crippen molar-refractivity contribution in [3.05, 3.63) is 0 Å². The van der Waals surface area contributed by atoms with Gasteiger partial charge in [-0.2, -0.15) is 0 Å². The molecule has 5 nitrogen and oxygen atoms in total. The van der Waals surface area contributed by atoms with Crippen LogP contribution >= 0.6 is 0 Å². The van der Waals surface area contributed by atoms with E-state index in [0.717, 1.165) is 0 Å². The zero-order chi connectivity index (χ0) is 5.21. The first kappa shape index (κ1) is 16.1. The van der Waals surface area contributed by atoms with Gasteiger partial charge in [0.1, 0.15) is 0 Å². The first-order valence-electron chi connectivity index (χ1n) is 0.849. The van der Waals surface area contributed by atoms with Crippen molar-refractivity contribution in [1.29, 1.82) is 0 Å². The Hall–Kier alpha value is 1.13. The van der Waals surface area contributed by atoms with E-state index in [1.807, 2.05) is 0 Å². The third-order valence-electron chi connectivity index (χ3n) is 0.0913. The van der Waals surface area contributed by atoms with Gasteiger partial charge in [0.25, 0.3) is 0 Å². The fraction of sp³-hybridized carbons (Fsp3) is 0. The molecule has 1 N–H and O–H groups in total. The molecule has 0 spiro atoms. The van der Waals surface area contributed by atoms with Gasteiger partial charge >= 0.3 is 40.4 Å². The molecule has 8 heteroatoms. The van der Waals surface area contributed by atoms with Crippen molar-refractivity contribution in [2.24, 2.45) is 0 Å². The second-order valence-electron chi connectivity index (χ2n) is 0.483. The van der Waals surface area contributed by atoms with Gasteiger partial charge in [0.05, 0.1) is 0 Å². The van der Waals surface area contributed by atoms with Crippen molar-refractivity contribution in [2.75, 3.05) is 0 Å². The minimum Gasteiger partial charge on any atom is -0.724 e. The minimum atomic E-state index is -4.86. The monoisotopic (exact) mass is 164 g/mol. The normalized spacial score (nSPS) is 8.75. The van der Waals surface area contributed by atoms with E-state index in [4.69, 9.17) is 18.2 Å². The Morgan fingerprint density at radius 1 is 1.50 bits per heavy atom. The van der Waals surface area contributed by atoms with Crippen LogP contribution in [0.1, 0.15) is 0 Å². The Labute approximate surface area is 73.2 Å². The molecule has 0 unspecified atom stereocenters. The van der Waals surface area contributed by atoms with Crippen LogP contribution < -0.4 is 0 Å². The van der Waals surface area contributed by atoms with Gasteiger partial charge in [-0.05, 0) is 0 Å². The minimum absolute atomic E-state index is 0. The summed E-state index contributed by atoms with van der Waals surface area (Å²) in [6, 6.07) is 0. The molecule has 0 radical (unpaired) electrons. The van der Waals surface area contributed by atoms with Crippen LogP contribution in [0.5, 0.6) is 0 Å². The fourth-order valence-corrected chi connectivity index (χ4v) is 0. The summed E-state index contributed by atoms with van der Waals surface area (Å²) in [5.74, 6) is 0. The first-order valence-corrected chi connectivity index (χ1v) is 2.18. The smallest absolute Gasteiger partial charge is 0.724 e. The van der Waals surface area contributed by atoms with Crippen LogP contribution in [0.4, 0.5) is 0 Å². The van der Waals surface area contributed by atoms with E-state index in [2.05, 4.69) is 4.33 Å². The second-order valence-corrected chi connectivity index (χ2v) is 1.45. The van der Waals surface area contributed by atoms with Crippen LogP contribution in [0.3, 0.4) is 0 Å². The zero-order valence-corrected chi connectivity index (χ0v) is 7.16. The van der Waals surface area contributed by atoms with E-state index >= 15 is 0 Å². The summed E-state index contributed by atoms with van der Waals surface area (Å²) in [5, 5.41) is 7.00. The van der Waals surface area contributed by atoms with Gasteiger partial charge in [-0.25, -0.2) is 13.7 Å². The van der Waals surface area contributed by atoms with E-state index in [0.29, 0.717) is 0 Å². The summed E-state index contributed by atoms with van der Waals surface area (Å²) in [7, 11) is -4.86. The number of rotatable bonds is 1. The van der Waals surface area contributed by atoms with Gasteiger partial charge in [0.2, 0.25) is 10.4 Å². The number of hydrogen-bond acceptors (Lipinski definition) is 5. The molecule has 0 aliphatic carbocycles. The Morgan fingerprint density at radius 3 is 1.62 bits per heavy atom. The molecule has 0 saturated carbocycles. The Kier molecular flexibility index (Phi) is 12.5. The van der Waals surface area contributed by atoms with Crippen LogP contribution in [0.2, 0.25) is 0 Å². The van der Waals surface area contributed by atoms with Crippen LogP contribution in [0, 0.1) is 0 Å². The average Bonchev–Trinajstić information content (AvgIpc) is 1.35. The Morgan fingerprint density at radius 2 is 1.62 bits per heavy atom. The van der Waals surface area contributed by atoms with Crippen molar-refractivity contribution in [1.82, 2.24) is 0 Å². The molecule has 0 atom stereocenters. The topological polar surface area (TPSA) is 86.7 Å². The van der Waals surface area contributed by atoms with Crippen LogP contribution in [0.15, 0.2) is 0 Å². The molecule has 0 rings (SSSR count). The molecule has 8 heavy (non-hydrogen) atoms. The van der Waals surface area contributed by atoms with E-state index in [9.17, 15) is 0 Å². The molecule has 0 aromatic carbocycles. The molecule has 0 bridgehead atoms. The Bertz CT molecular complexity index is 114. The summed E-state index contributed by atoms with van der Waals surface area (Å²) in [5.41, 5.74) is 0. The van der Waals surface area contributed by atoms with Crippen molar-refractivity contribution < 1.29 is 22.6 Å². The molecule has 0 amide bonds. The predicted molar refractivity (Wildman–Crippen MR) is 24.9 cm³/mol. The zero-order valence-electron chi connectivity index (χ0n) is 3.77. The maximum atomic E-state index is 8.97. The van der Waals surface area contributed by atoms with E-state index in [1.54, 1.807) is 0 Å². The third-order valence-corrected chi connectivity index (χ3v) is 0.274. The van der Waals surface area contributed by atoms with Gasteiger partial charge in [-0.15, -0.1) is 4.33 Å². The second kappa shape index (κ2) is 6.25. The van der Waals surface area contributed by atoms with Crippen molar-refractivity contribution in [3.8, 4) is 0 Å². The standard InChI is InChI=1S/Al.Mg.H2O5S/c;;1-5-6(2,3)4/h;;1H,(H,2,3,4)/q+3;+2;/p-1. The van der Waals surface area contributed by atoms with Crippen LogP contribution in [-0.4, -0.2) is 58.6 Å². The van der Waals surface area contributed by atoms with Gasteiger partial charge in [0, 0.05) is 0 Å². The largest absolute Gasteiger partial charge is 3.00 e. The van der Waals surface area contributed by atoms with E-state index < -0.39 is 10.4 Å². The average molecular weight is 164 g/mol. The molecule has 0 aliphatic heterocycles. The summed E-state index contributed by atoms with van der Waals surface area (Å²) < 4.78 is 29.3.